The number of nitrogens with one attached hydrogen (secondary N) is 2. The van der Waals surface area contributed by atoms with Crippen LogP contribution >= 0.6 is 11.3 Å². The standard InChI is InChI=1S/C17H13N3O2S/c21-11-5-3-4-10(8-11)18-9-14-19-15-12-6-1-2-7-13(12)23-16(15)17(22)20-14/h1-8,18,21H,9H2,(H,19,20,22). The quantitative estimate of drug-likeness (QED) is 0.539. The molecular weight excluding hydrogens is 310 g/mol. The van der Waals surface area contributed by atoms with Gasteiger partial charge in [0.1, 0.15) is 16.3 Å². The van der Waals surface area contributed by atoms with Crippen molar-refractivity contribution in [1.29, 1.82) is 0 Å². The van der Waals surface area contributed by atoms with Crippen LogP contribution in [0.1, 0.15) is 5.82 Å². The number of aromatic hydroxyl groups is 1. The number of H-pyrrole nitrogens is 1. The molecule has 4 aromatic rings. The van der Waals surface area contributed by atoms with Gasteiger partial charge in [-0.15, -0.1) is 11.3 Å². The van der Waals surface area contributed by atoms with E-state index < -0.39 is 0 Å². The van der Waals surface area contributed by atoms with Gasteiger partial charge in [-0.2, -0.15) is 0 Å². The van der Waals surface area contributed by atoms with Crippen molar-refractivity contribution in [3.05, 3.63) is 64.7 Å². The number of hydrogen-bond acceptors (Lipinski definition) is 5. The number of fused-ring (bicyclic) bond motifs is 3. The van der Waals surface area contributed by atoms with E-state index in [9.17, 15) is 9.90 Å². The maximum absolute atomic E-state index is 12.3. The molecule has 0 spiro atoms. The molecule has 3 N–H and O–H groups in total. The number of benzene rings is 2. The number of phenols is 1. The second-order valence-corrected chi connectivity index (χ2v) is 6.24. The van der Waals surface area contributed by atoms with Crippen molar-refractivity contribution >= 4 is 37.3 Å². The summed E-state index contributed by atoms with van der Waals surface area (Å²) in [6.07, 6.45) is 0. The average Bonchev–Trinajstić information content (AvgIpc) is 2.93. The second-order valence-electron chi connectivity index (χ2n) is 5.19. The fourth-order valence-electron chi connectivity index (χ4n) is 2.53. The molecule has 6 heteroatoms. The number of nitrogens with zero attached hydrogens (tertiary/aromatic N) is 1. The third-order valence-electron chi connectivity index (χ3n) is 3.59. The Morgan fingerprint density at radius 1 is 1.17 bits per heavy atom. The summed E-state index contributed by atoms with van der Waals surface area (Å²) >= 11 is 1.45. The van der Waals surface area contributed by atoms with Gasteiger partial charge in [0, 0.05) is 21.8 Å². The molecule has 0 atom stereocenters. The van der Waals surface area contributed by atoms with E-state index in [0.717, 1.165) is 21.3 Å². The third kappa shape index (κ3) is 2.53. The molecule has 5 nitrogen and oxygen atoms in total. The minimum Gasteiger partial charge on any atom is -0.508 e. The van der Waals surface area contributed by atoms with Crippen LogP contribution in [0.25, 0.3) is 20.3 Å². The summed E-state index contributed by atoms with van der Waals surface area (Å²) in [5.41, 5.74) is 1.38. The van der Waals surface area contributed by atoms with Crippen LogP contribution in [-0.2, 0) is 6.54 Å². The molecule has 0 aliphatic heterocycles. The largest absolute Gasteiger partial charge is 0.508 e. The second kappa shape index (κ2) is 5.40. The molecule has 0 saturated heterocycles. The lowest BCUT2D eigenvalue weighted by Crippen LogP contribution is -2.13. The molecule has 4 rings (SSSR count). The Balaban J connectivity index is 1.73. The Bertz CT molecular complexity index is 1070. The summed E-state index contributed by atoms with van der Waals surface area (Å²) in [7, 11) is 0. The van der Waals surface area contributed by atoms with Crippen LogP contribution in [-0.4, -0.2) is 15.1 Å². The van der Waals surface area contributed by atoms with E-state index in [-0.39, 0.29) is 11.3 Å². The molecule has 114 valence electrons. The van der Waals surface area contributed by atoms with Crippen molar-refractivity contribution in [2.75, 3.05) is 5.32 Å². The molecule has 0 unspecified atom stereocenters. The molecule has 0 saturated carbocycles. The van der Waals surface area contributed by atoms with Crippen LogP contribution in [0.15, 0.2) is 53.3 Å². The predicted octanol–water partition coefficient (Wildman–Crippen LogP) is 3.46. The van der Waals surface area contributed by atoms with Crippen molar-refractivity contribution in [2.45, 2.75) is 6.54 Å². The molecule has 0 aliphatic rings. The predicted molar refractivity (Wildman–Crippen MR) is 93.2 cm³/mol. The molecule has 0 amide bonds. The Hall–Kier alpha value is -2.86. The van der Waals surface area contributed by atoms with Gasteiger partial charge in [0.25, 0.3) is 5.56 Å². The van der Waals surface area contributed by atoms with Gasteiger partial charge in [0.05, 0.1) is 12.1 Å². The van der Waals surface area contributed by atoms with Crippen molar-refractivity contribution in [3.8, 4) is 5.75 Å². The topological polar surface area (TPSA) is 78.0 Å². The average molecular weight is 323 g/mol. The smallest absolute Gasteiger partial charge is 0.268 e. The Morgan fingerprint density at radius 3 is 2.91 bits per heavy atom. The molecule has 0 fully saturated rings. The summed E-state index contributed by atoms with van der Waals surface area (Å²) in [6, 6.07) is 14.7. The highest BCUT2D eigenvalue weighted by Gasteiger charge is 2.10. The number of rotatable bonds is 3. The van der Waals surface area contributed by atoms with Crippen LogP contribution in [0, 0.1) is 0 Å². The van der Waals surface area contributed by atoms with E-state index in [1.54, 1.807) is 18.2 Å². The highest BCUT2D eigenvalue weighted by Crippen LogP contribution is 2.29. The normalized spacial score (nSPS) is 11.1. The van der Waals surface area contributed by atoms with E-state index in [4.69, 9.17) is 0 Å². The van der Waals surface area contributed by atoms with Gasteiger partial charge in [-0.1, -0.05) is 24.3 Å². The van der Waals surface area contributed by atoms with Gasteiger partial charge in [0.15, 0.2) is 0 Å². The Kier molecular flexibility index (Phi) is 3.24. The van der Waals surface area contributed by atoms with Crippen molar-refractivity contribution < 1.29 is 5.11 Å². The van der Waals surface area contributed by atoms with E-state index in [0.29, 0.717) is 17.1 Å². The molecule has 2 heterocycles. The van der Waals surface area contributed by atoms with Gasteiger partial charge >= 0.3 is 0 Å². The Labute approximate surface area is 135 Å². The molecule has 0 aliphatic carbocycles. The van der Waals surface area contributed by atoms with Crippen molar-refractivity contribution in [1.82, 2.24) is 9.97 Å². The lowest BCUT2D eigenvalue weighted by Gasteiger charge is -2.06. The zero-order valence-corrected chi connectivity index (χ0v) is 12.9. The monoisotopic (exact) mass is 323 g/mol. The highest BCUT2D eigenvalue weighted by atomic mass is 32.1. The molecule has 0 radical (unpaired) electrons. The minimum absolute atomic E-state index is 0.121. The first kappa shape index (κ1) is 13.8. The van der Waals surface area contributed by atoms with Gasteiger partial charge in [-0.05, 0) is 18.2 Å². The lowest BCUT2D eigenvalue weighted by molar-refractivity contribution is 0.475. The van der Waals surface area contributed by atoms with Gasteiger partial charge < -0.3 is 15.4 Å². The van der Waals surface area contributed by atoms with E-state index in [1.807, 2.05) is 30.3 Å². The summed E-state index contributed by atoms with van der Waals surface area (Å²) in [5.74, 6) is 0.755. The first-order valence-electron chi connectivity index (χ1n) is 7.14. The fraction of sp³-hybridized carbons (Fsp3) is 0.0588. The van der Waals surface area contributed by atoms with Crippen LogP contribution in [0.5, 0.6) is 5.75 Å². The van der Waals surface area contributed by atoms with E-state index in [1.165, 1.54) is 11.3 Å². The summed E-state index contributed by atoms with van der Waals surface area (Å²) in [6.45, 7) is 0.374. The van der Waals surface area contributed by atoms with Crippen molar-refractivity contribution in [2.24, 2.45) is 0 Å². The number of aromatic amines is 1. The lowest BCUT2D eigenvalue weighted by atomic mass is 10.2. The van der Waals surface area contributed by atoms with Crippen LogP contribution in [0.2, 0.25) is 0 Å². The van der Waals surface area contributed by atoms with E-state index >= 15 is 0 Å². The third-order valence-corrected chi connectivity index (χ3v) is 4.74. The van der Waals surface area contributed by atoms with Gasteiger partial charge in [0.2, 0.25) is 0 Å². The number of aromatic nitrogens is 2. The Morgan fingerprint density at radius 2 is 2.04 bits per heavy atom. The number of thiophene rings is 1. The molecule has 0 bridgehead atoms. The van der Waals surface area contributed by atoms with E-state index in [2.05, 4.69) is 15.3 Å². The molecule has 23 heavy (non-hydrogen) atoms. The number of anilines is 1. The van der Waals surface area contributed by atoms with Gasteiger partial charge in [-0.25, -0.2) is 4.98 Å². The van der Waals surface area contributed by atoms with Crippen LogP contribution in [0.3, 0.4) is 0 Å². The fourth-order valence-corrected chi connectivity index (χ4v) is 3.57. The summed E-state index contributed by atoms with van der Waals surface area (Å²) in [5, 5.41) is 13.6. The molecule has 2 aromatic heterocycles. The zero-order chi connectivity index (χ0) is 15.8. The molecule has 2 aromatic carbocycles. The maximum Gasteiger partial charge on any atom is 0.268 e. The first-order chi connectivity index (χ1) is 11.2. The van der Waals surface area contributed by atoms with Gasteiger partial charge in [-0.3, -0.25) is 4.79 Å². The number of hydrogen-bond donors (Lipinski definition) is 3. The van der Waals surface area contributed by atoms with Crippen LogP contribution in [0.4, 0.5) is 5.69 Å². The zero-order valence-electron chi connectivity index (χ0n) is 12.0. The summed E-state index contributed by atoms with van der Waals surface area (Å²) in [4.78, 5) is 19.7. The SMILES string of the molecule is O=c1[nH]c(CNc2cccc(O)c2)nc2c1sc1ccccc12. The maximum atomic E-state index is 12.3. The minimum atomic E-state index is -0.121. The highest BCUT2D eigenvalue weighted by molar-refractivity contribution is 7.25. The summed E-state index contributed by atoms with van der Waals surface area (Å²) < 4.78 is 1.70. The first-order valence-corrected chi connectivity index (χ1v) is 7.96. The molecular formula is C17H13N3O2S. The number of phenolic OH excluding ortho intramolecular Hbond substituents is 1. The van der Waals surface area contributed by atoms with Crippen molar-refractivity contribution in [3.63, 3.8) is 0 Å². The van der Waals surface area contributed by atoms with Crippen LogP contribution < -0.4 is 10.9 Å².